The van der Waals surface area contributed by atoms with Gasteiger partial charge in [0.2, 0.25) is 11.8 Å². The third-order valence-electron chi connectivity index (χ3n) is 7.97. The van der Waals surface area contributed by atoms with E-state index in [2.05, 4.69) is 15.5 Å². The lowest BCUT2D eigenvalue weighted by Crippen LogP contribution is -2.63. The Morgan fingerprint density at radius 2 is 1.79 bits per heavy atom. The summed E-state index contributed by atoms with van der Waals surface area (Å²) in [4.78, 5) is 42.6. The first kappa shape index (κ1) is 22.3. The monoisotopic (exact) mass is 454 g/mol. The molecule has 1 aromatic rings. The van der Waals surface area contributed by atoms with Crippen LogP contribution in [0.15, 0.2) is 24.3 Å². The fourth-order valence-corrected chi connectivity index (χ4v) is 6.08. The molecule has 33 heavy (non-hydrogen) atoms. The van der Waals surface area contributed by atoms with Crippen molar-refractivity contribution in [3.63, 3.8) is 0 Å². The highest BCUT2D eigenvalue weighted by Crippen LogP contribution is 2.30. The molecule has 2 N–H and O–H groups in total. The molecule has 0 spiro atoms. The Kier molecular flexibility index (Phi) is 6.38. The first-order valence-electron chi connectivity index (χ1n) is 12.3. The molecule has 1 aliphatic carbocycles. The maximum absolute atomic E-state index is 13.1. The predicted molar refractivity (Wildman–Crippen MR) is 123 cm³/mol. The number of benzene rings is 1. The van der Waals surface area contributed by atoms with E-state index in [-0.39, 0.29) is 47.7 Å². The molecule has 3 aliphatic heterocycles. The van der Waals surface area contributed by atoms with E-state index in [0.717, 1.165) is 69.5 Å². The van der Waals surface area contributed by atoms with Gasteiger partial charge in [-0.1, -0.05) is 6.42 Å². The molecule has 8 heteroatoms. The number of hydrogen-bond donors (Lipinski definition) is 2. The van der Waals surface area contributed by atoms with Crippen LogP contribution in [-0.2, 0) is 9.59 Å². The molecule has 4 unspecified atom stereocenters. The first-order chi connectivity index (χ1) is 16.0. The lowest BCUT2D eigenvalue weighted by atomic mass is 9.88. The fourth-order valence-electron chi connectivity index (χ4n) is 6.08. The molecule has 1 aromatic carbocycles. The van der Waals surface area contributed by atoms with Crippen molar-refractivity contribution in [3.8, 4) is 5.75 Å². The number of amides is 2. The van der Waals surface area contributed by atoms with Crippen LogP contribution in [0.5, 0.6) is 5.75 Å². The number of hydrogen-bond acceptors (Lipinski definition) is 6. The summed E-state index contributed by atoms with van der Waals surface area (Å²) in [5, 5.41) is 6.61. The summed E-state index contributed by atoms with van der Waals surface area (Å²) in [5.74, 6) is 1.30. The largest absolute Gasteiger partial charge is 0.497 e. The zero-order chi connectivity index (χ0) is 22.9. The number of ketones is 1. The molecule has 4 fully saturated rings. The maximum atomic E-state index is 13.1. The number of carbonyl (C=O) groups excluding carboxylic acids is 3. The standard InChI is InChI=1S/C25H34N4O4/c1-33-18-7-5-16(6-8-18)23(30)17-9-12-28(13-10-17)21-11-14-29(25(21)32)15-22-26-20-4-2-3-19(20)24(31)27-22/h5-8,17,19-22,26H,2-4,9-15H2,1H3,(H,27,31). The van der Waals surface area contributed by atoms with E-state index in [1.54, 1.807) is 7.11 Å². The number of Topliss-reactive ketones (excluding diaryl/α,β-unsaturated/α-hetero) is 1. The van der Waals surface area contributed by atoms with Gasteiger partial charge in [0.15, 0.2) is 5.78 Å². The van der Waals surface area contributed by atoms with Gasteiger partial charge in [0, 0.05) is 24.1 Å². The molecule has 3 saturated heterocycles. The number of nitrogens with one attached hydrogen (secondary N) is 2. The van der Waals surface area contributed by atoms with Crippen LogP contribution in [0, 0.1) is 11.8 Å². The second kappa shape index (κ2) is 9.43. The Balaban J connectivity index is 1.12. The number of likely N-dealkylation sites (tertiary alicyclic amines) is 2. The lowest BCUT2D eigenvalue weighted by molar-refractivity contribution is -0.135. The molecule has 5 rings (SSSR count). The summed E-state index contributed by atoms with van der Waals surface area (Å²) in [6, 6.07) is 7.45. The highest BCUT2D eigenvalue weighted by molar-refractivity contribution is 5.98. The van der Waals surface area contributed by atoms with E-state index in [0.29, 0.717) is 6.54 Å². The van der Waals surface area contributed by atoms with Crippen LogP contribution in [-0.4, -0.2) is 78.9 Å². The van der Waals surface area contributed by atoms with Gasteiger partial charge in [-0.05, 0) is 69.5 Å². The zero-order valence-electron chi connectivity index (χ0n) is 19.3. The smallest absolute Gasteiger partial charge is 0.240 e. The summed E-state index contributed by atoms with van der Waals surface area (Å²) in [6.07, 6.45) is 5.28. The fraction of sp³-hybridized carbons (Fsp3) is 0.640. The lowest BCUT2D eigenvalue weighted by Gasteiger charge is -2.37. The van der Waals surface area contributed by atoms with Crippen molar-refractivity contribution < 1.29 is 19.1 Å². The zero-order valence-corrected chi connectivity index (χ0v) is 19.3. The number of ether oxygens (including phenoxy) is 1. The van der Waals surface area contributed by atoms with Gasteiger partial charge in [-0.3, -0.25) is 24.6 Å². The SMILES string of the molecule is COc1ccc(C(=O)C2CCN(C3CCN(CC4NC(=O)C5CCCC5N4)C3=O)CC2)cc1. The van der Waals surface area contributed by atoms with Crippen LogP contribution in [0.25, 0.3) is 0 Å². The van der Waals surface area contributed by atoms with Gasteiger partial charge in [0.1, 0.15) is 5.75 Å². The van der Waals surface area contributed by atoms with Crippen LogP contribution in [0.3, 0.4) is 0 Å². The van der Waals surface area contributed by atoms with E-state index in [4.69, 9.17) is 4.74 Å². The van der Waals surface area contributed by atoms with Crippen molar-refractivity contribution in [2.24, 2.45) is 11.8 Å². The number of piperidine rings is 1. The highest BCUT2D eigenvalue weighted by atomic mass is 16.5. The third-order valence-corrected chi connectivity index (χ3v) is 7.97. The number of methoxy groups -OCH3 is 1. The van der Waals surface area contributed by atoms with Crippen molar-refractivity contribution in [2.45, 2.75) is 56.8 Å². The van der Waals surface area contributed by atoms with Crippen LogP contribution in [0.4, 0.5) is 0 Å². The summed E-state index contributed by atoms with van der Waals surface area (Å²) < 4.78 is 5.18. The van der Waals surface area contributed by atoms with Crippen LogP contribution >= 0.6 is 0 Å². The average Bonchev–Trinajstić information content (AvgIpc) is 3.46. The maximum Gasteiger partial charge on any atom is 0.240 e. The van der Waals surface area contributed by atoms with Crippen molar-refractivity contribution in [2.75, 3.05) is 33.3 Å². The van der Waals surface area contributed by atoms with Crippen molar-refractivity contribution in [1.82, 2.24) is 20.4 Å². The molecule has 0 aromatic heterocycles. The van der Waals surface area contributed by atoms with Gasteiger partial charge in [-0.25, -0.2) is 0 Å². The Hall–Kier alpha value is -2.45. The van der Waals surface area contributed by atoms with E-state index < -0.39 is 0 Å². The van der Waals surface area contributed by atoms with Gasteiger partial charge < -0.3 is 15.0 Å². The topological polar surface area (TPSA) is 91.0 Å². The number of carbonyl (C=O) groups is 3. The minimum Gasteiger partial charge on any atom is -0.497 e. The van der Waals surface area contributed by atoms with Crippen molar-refractivity contribution in [1.29, 1.82) is 0 Å². The Bertz CT molecular complexity index is 896. The Morgan fingerprint density at radius 3 is 2.52 bits per heavy atom. The van der Waals surface area contributed by atoms with E-state index in [9.17, 15) is 14.4 Å². The molecule has 1 saturated carbocycles. The molecule has 3 heterocycles. The minimum absolute atomic E-state index is 0.00302. The number of rotatable bonds is 6. The van der Waals surface area contributed by atoms with Gasteiger partial charge in [-0.15, -0.1) is 0 Å². The molecular formula is C25H34N4O4. The minimum atomic E-state index is -0.160. The van der Waals surface area contributed by atoms with Crippen molar-refractivity contribution >= 4 is 17.6 Å². The first-order valence-corrected chi connectivity index (χ1v) is 12.3. The Morgan fingerprint density at radius 1 is 1.03 bits per heavy atom. The molecule has 4 aliphatic rings. The van der Waals surface area contributed by atoms with Crippen LogP contribution in [0.2, 0.25) is 0 Å². The number of fused-ring (bicyclic) bond motifs is 1. The molecule has 4 atom stereocenters. The highest BCUT2D eigenvalue weighted by Gasteiger charge is 2.42. The Labute approximate surface area is 195 Å². The second-order valence-electron chi connectivity index (χ2n) is 9.86. The number of nitrogens with zero attached hydrogens (tertiary/aromatic N) is 2. The summed E-state index contributed by atoms with van der Waals surface area (Å²) in [5.41, 5.74) is 0.726. The van der Waals surface area contributed by atoms with Crippen LogP contribution in [0.1, 0.15) is 48.9 Å². The van der Waals surface area contributed by atoms with Gasteiger partial charge in [0.25, 0.3) is 0 Å². The van der Waals surface area contributed by atoms with Gasteiger partial charge >= 0.3 is 0 Å². The summed E-state index contributed by atoms with van der Waals surface area (Å²) in [6.45, 7) is 2.77. The van der Waals surface area contributed by atoms with Gasteiger partial charge in [-0.2, -0.15) is 0 Å². The van der Waals surface area contributed by atoms with Crippen molar-refractivity contribution in [3.05, 3.63) is 29.8 Å². The van der Waals surface area contributed by atoms with E-state index in [1.807, 2.05) is 29.2 Å². The predicted octanol–water partition coefficient (Wildman–Crippen LogP) is 1.41. The third kappa shape index (κ3) is 4.51. The van der Waals surface area contributed by atoms with Crippen LogP contribution < -0.4 is 15.4 Å². The second-order valence-corrected chi connectivity index (χ2v) is 9.86. The molecule has 178 valence electrons. The quantitative estimate of drug-likeness (QED) is 0.632. The molecule has 0 bridgehead atoms. The van der Waals surface area contributed by atoms with E-state index in [1.165, 1.54) is 0 Å². The molecule has 0 radical (unpaired) electrons. The summed E-state index contributed by atoms with van der Waals surface area (Å²) in [7, 11) is 1.62. The molecular weight excluding hydrogens is 420 g/mol. The average molecular weight is 455 g/mol. The van der Waals surface area contributed by atoms with E-state index >= 15 is 0 Å². The molecule has 2 amide bonds. The van der Waals surface area contributed by atoms with Gasteiger partial charge in [0.05, 0.1) is 31.8 Å². The molecule has 8 nitrogen and oxygen atoms in total. The normalized spacial score (nSPS) is 30.9. The summed E-state index contributed by atoms with van der Waals surface area (Å²) >= 11 is 0.